The van der Waals surface area contributed by atoms with E-state index in [9.17, 15) is 9.90 Å². The Labute approximate surface area is 202 Å². The Bertz CT molecular complexity index is 1360. The lowest BCUT2D eigenvalue weighted by molar-refractivity contribution is 0.0827. The zero-order valence-electron chi connectivity index (χ0n) is 19.9. The number of fused-ring (bicyclic) bond motifs is 1. The number of ether oxygens (including phenoxy) is 1. The molecular weight excluding hydrogens is 448 g/mol. The number of carbonyl (C=O) groups excluding carboxylic acids is 1. The number of benzene rings is 1. The molecule has 11 heteroatoms. The van der Waals surface area contributed by atoms with Crippen LogP contribution in [0.2, 0.25) is 0 Å². The number of methoxy groups -OCH3 is 1. The number of nitrogens with one attached hydrogen (secondary N) is 1. The van der Waals surface area contributed by atoms with Crippen LogP contribution in [0.5, 0.6) is 5.75 Å². The van der Waals surface area contributed by atoms with Gasteiger partial charge in [-0.2, -0.15) is 4.98 Å². The smallest absolute Gasteiger partial charge is 0.253 e. The second-order valence-corrected chi connectivity index (χ2v) is 8.68. The Balaban J connectivity index is 1.47. The van der Waals surface area contributed by atoms with Crippen molar-refractivity contribution in [1.29, 1.82) is 0 Å². The van der Waals surface area contributed by atoms with E-state index in [-0.39, 0.29) is 18.6 Å². The van der Waals surface area contributed by atoms with E-state index in [1.165, 1.54) is 4.90 Å². The highest BCUT2D eigenvalue weighted by atomic mass is 16.5. The molecule has 0 spiro atoms. The SMILES string of the molecule is COc1cc(C(=O)N(C)C)cc(-n2cnc(Nc3nc(N4CCCC4CO)nn4cccc34)c2)c1. The van der Waals surface area contributed by atoms with Crippen LogP contribution in [0.3, 0.4) is 0 Å². The quantitative estimate of drug-likeness (QED) is 0.418. The highest BCUT2D eigenvalue weighted by Crippen LogP contribution is 2.27. The molecule has 5 rings (SSSR count). The molecule has 1 aliphatic rings. The third-order valence-corrected chi connectivity index (χ3v) is 6.13. The van der Waals surface area contributed by atoms with Crippen LogP contribution < -0.4 is 15.0 Å². The standard InChI is InChI=1S/C24H28N8O3/c1-29(2)23(34)16-10-18(12-19(11-16)35-3)30-13-21(25-15-30)26-22-20-7-5-9-32(20)28-24(27-22)31-8-4-6-17(31)14-33/h5,7,9-13,15,17,33H,4,6,8,14H2,1-3H3,(H,26,27,28). The van der Waals surface area contributed by atoms with Crippen LogP contribution >= 0.6 is 0 Å². The Morgan fingerprint density at radius 2 is 2.17 bits per heavy atom. The molecule has 1 amide bonds. The Kier molecular flexibility index (Phi) is 6.00. The summed E-state index contributed by atoms with van der Waals surface area (Å²) in [6.45, 7) is 0.870. The summed E-state index contributed by atoms with van der Waals surface area (Å²) < 4.78 is 9.00. The van der Waals surface area contributed by atoms with Crippen molar-refractivity contribution < 1.29 is 14.6 Å². The maximum absolute atomic E-state index is 12.5. The molecule has 2 N–H and O–H groups in total. The molecule has 1 fully saturated rings. The highest BCUT2D eigenvalue weighted by molar-refractivity contribution is 5.95. The van der Waals surface area contributed by atoms with E-state index in [0.717, 1.165) is 30.6 Å². The lowest BCUT2D eigenvalue weighted by atomic mass is 10.1. The van der Waals surface area contributed by atoms with Crippen LogP contribution in [-0.2, 0) is 0 Å². The normalized spacial score (nSPS) is 15.5. The van der Waals surface area contributed by atoms with Crippen molar-refractivity contribution in [2.24, 2.45) is 0 Å². The minimum atomic E-state index is -0.115. The maximum atomic E-state index is 12.5. The summed E-state index contributed by atoms with van der Waals surface area (Å²) in [6.07, 6.45) is 7.26. The van der Waals surface area contributed by atoms with Crippen molar-refractivity contribution >= 4 is 29.0 Å². The van der Waals surface area contributed by atoms with E-state index in [1.54, 1.807) is 44.2 Å². The number of anilines is 3. The monoisotopic (exact) mass is 476 g/mol. The lowest BCUT2D eigenvalue weighted by Gasteiger charge is -2.23. The summed E-state index contributed by atoms with van der Waals surface area (Å²) in [7, 11) is 5.00. The molecule has 4 heterocycles. The number of imidazole rings is 1. The second-order valence-electron chi connectivity index (χ2n) is 8.68. The molecule has 35 heavy (non-hydrogen) atoms. The number of nitrogens with zero attached hydrogens (tertiary/aromatic N) is 7. The van der Waals surface area contributed by atoms with Gasteiger partial charge in [0.05, 0.1) is 31.6 Å². The van der Waals surface area contributed by atoms with Gasteiger partial charge >= 0.3 is 0 Å². The summed E-state index contributed by atoms with van der Waals surface area (Å²) in [5.74, 6) is 2.22. The summed E-state index contributed by atoms with van der Waals surface area (Å²) in [5.41, 5.74) is 2.07. The Morgan fingerprint density at radius 1 is 1.31 bits per heavy atom. The van der Waals surface area contributed by atoms with Gasteiger partial charge in [-0.15, -0.1) is 5.10 Å². The molecule has 0 saturated carbocycles. The molecular formula is C24H28N8O3. The third kappa shape index (κ3) is 4.37. The Morgan fingerprint density at radius 3 is 2.94 bits per heavy atom. The number of hydrogen-bond donors (Lipinski definition) is 2. The van der Waals surface area contributed by atoms with Gasteiger partial charge in [-0.1, -0.05) is 0 Å². The van der Waals surface area contributed by atoms with E-state index in [0.29, 0.717) is 28.9 Å². The molecule has 1 atom stereocenters. The van der Waals surface area contributed by atoms with E-state index in [2.05, 4.69) is 15.4 Å². The van der Waals surface area contributed by atoms with E-state index in [1.807, 2.05) is 40.1 Å². The third-order valence-electron chi connectivity index (χ3n) is 6.13. The molecule has 0 bridgehead atoms. The number of aliphatic hydroxyl groups is 1. The van der Waals surface area contributed by atoms with Gasteiger partial charge in [0.25, 0.3) is 5.91 Å². The van der Waals surface area contributed by atoms with Crippen LogP contribution in [0.4, 0.5) is 17.6 Å². The van der Waals surface area contributed by atoms with Gasteiger partial charge < -0.3 is 29.5 Å². The van der Waals surface area contributed by atoms with E-state index >= 15 is 0 Å². The summed E-state index contributed by atoms with van der Waals surface area (Å²) >= 11 is 0. The number of rotatable bonds is 7. The predicted octanol–water partition coefficient (Wildman–Crippen LogP) is 2.33. The topological polar surface area (TPSA) is 113 Å². The van der Waals surface area contributed by atoms with Gasteiger partial charge in [-0.3, -0.25) is 4.79 Å². The number of hydrogen-bond acceptors (Lipinski definition) is 8. The van der Waals surface area contributed by atoms with E-state index in [4.69, 9.17) is 9.72 Å². The zero-order valence-corrected chi connectivity index (χ0v) is 19.9. The largest absolute Gasteiger partial charge is 0.497 e. The maximum Gasteiger partial charge on any atom is 0.253 e. The molecule has 1 saturated heterocycles. The summed E-state index contributed by atoms with van der Waals surface area (Å²) in [4.78, 5) is 25.4. The molecule has 0 aliphatic carbocycles. The molecule has 1 aliphatic heterocycles. The first-order chi connectivity index (χ1) is 17.0. The first-order valence-corrected chi connectivity index (χ1v) is 11.4. The Hall–Kier alpha value is -4.12. The van der Waals surface area contributed by atoms with Gasteiger partial charge in [-0.25, -0.2) is 9.50 Å². The molecule has 1 unspecified atom stereocenters. The van der Waals surface area contributed by atoms with Crippen LogP contribution in [-0.4, -0.2) is 80.5 Å². The minimum absolute atomic E-state index is 0.0159. The van der Waals surface area contributed by atoms with Crippen LogP contribution in [0.1, 0.15) is 23.2 Å². The number of aliphatic hydroxyl groups excluding tert-OH is 1. The summed E-state index contributed by atoms with van der Waals surface area (Å²) in [5, 5.41) is 17.7. The van der Waals surface area contributed by atoms with Crippen LogP contribution in [0.25, 0.3) is 11.2 Å². The number of amides is 1. The molecule has 4 aromatic rings. The average molecular weight is 477 g/mol. The first-order valence-electron chi connectivity index (χ1n) is 11.4. The van der Waals surface area contributed by atoms with Gasteiger partial charge in [0.1, 0.15) is 23.4 Å². The fourth-order valence-electron chi connectivity index (χ4n) is 4.31. The molecule has 11 nitrogen and oxygen atoms in total. The lowest BCUT2D eigenvalue weighted by Crippen LogP contribution is -2.34. The fourth-order valence-corrected chi connectivity index (χ4v) is 4.31. The van der Waals surface area contributed by atoms with Crippen LogP contribution in [0, 0.1) is 0 Å². The zero-order chi connectivity index (χ0) is 24.5. The van der Waals surface area contributed by atoms with Gasteiger partial charge in [0.15, 0.2) is 5.82 Å². The number of aromatic nitrogens is 5. The van der Waals surface area contributed by atoms with Crippen molar-refractivity contribution in [1.82, 2.24) is 29.0 Å². The molecule has 3 aromatic heterocycles. The van der Waals surface area contributed by atoms with Crippen molar-refractivity contribution in [2.45, 2.75) is 18.9 Å². The number of carbonyl (C=O) groups is 1. The molecule has 182 valence electrons. The van der Waals surface area contributed by atoms with Crippen molar-refractivity contribution in [3.8, 4) is 11.4 Å². The highest BCUT2D eigenvalue weighted by Gasteiger charge is 2.27. The van der Waals surface area contributed by atoms with E-state index < -0.39 is 0 Å². The van der Waals surface area contributed by atoms with Crippen LogP contribution in [0.15, 0.2) is 49.1 Å². The predicted molar refractivity (Wildman–Crippen MR) is 132 cm³/mol. The van der Waals surface area contributed by atoms with Crippen molar-refractivity contribution in [3.05, 3.63) is 54.6 Å². The second kappa shape index (κ2) is 9.26. The van der Waals surface area contributed by atoms with Gasteiger partial charge in [0.2, 0.25) is 5.95 Å². The van der Waals surface area contributed by atoms with Crippen molar-refractivity contribution in [2.75, 3.05) is 44.6 Å². The molecule has 1 aromatic carbocycles. The summed E-state index contributed by atoms with van der Waals surface area (Å²) in [6, 6.07) is 9.21. The van der Waals surface area contributed by atoms with Crippen molar-refractivity contribution in [3.63, 3.8) is 0 Å². The van der Waals surface area contributed by atoms with Gasteiger partial charge in [-0.05, 0) is 37.1 Å². The van der Waals surface area contributed by atoms with Gasteiger partial charge in [0, 0.05) is 38.5 Å². The minimum Gasteiger partial charge on any atom is -0.497 e. The molecule has 0 radical (unpaired) electrons. The average Bonchev–Trinajstić information content (AvgIpc) is 3.63. The fraction of sp³-hybridized carbons (Fsp3) is 0.333. The first kappa shape index (κ1) is 22.7.